The summed E-state index contributed by atoms with van der Waals surface area (Å²) in [4.78, 5) is 15.3. The van der Waals surface area contributed by atoms with Crippen LogP contribution in [0.4, 0.5) is 4.79 Å². The SMILES string of the molecule is Cc1ccc(OCC#CCNC(=O)NC(C)C)cn1. The third-order valence-corrected chi connectivity index (χ3v) is 2.08. The molecule has 2 amide bonds. The number of urea groups is 1. The van der Waals surface area contributed by atoms with Gasteiger partial charge in [0.05, 0.1) is 12.7 Å². The first-order chi connectivity index (χ1) is 9.08. The van der Waals surface area contributed by atoms with Crippen LogP contribution in [-0.4, -0.2) is 30.2 Å². The van der Waals surface area contributed by atoms with Crippen molar-refractivity contribution in [2.45, 2.75) is 26.8 Å². The Morgan fingerprint density at radius 2 is 2.21 bits per heavy atom. The minimum Gasteiger partial charge on any atom is -0.479 e. The van der Waals surface area contributed by atoms with Crippen LogP contribution in [-0.2, 0) is 0 Å². The maximum absolute atomic E-state index is 11.2. The molecule has 0 spiro atoms. The molecule has 5 heteroatoms. The van der Waals surface area contributed by atoms with Crippen LogP contribution >= 0.6 is 0 Å². The summed E-state index contributed by atoms with van der Waals surface area (Å²) in [5, 5.41) is 5.34. The van der Waals surface area contributed by atoms with Crippen LogP contribution in [0.1, 0.15) is 19.5 Å². The highest BCUT2D eigenvalue weighted by Crippen LogP contribution is 2.07. The molecule has 1 aromatic heterocycles. The summed E-state index contributed by atoms with van der Waals surface area (Å²) < 4.78 is 5.37. The van der Waals surface area contributed by atoms with Crippen molar-refractivity contribution in [3.05, 3.63) is 24.0 Å². The van der Waals surface area contributed by atoms with Crippen LogP contribution in [0.5, 0.6) is 5.75 Å². The second kappa shape index (κ2) is 7.98. The van der Waals surface area contributed by atoms with E-state index < -0.39 is 0 Å². The Kier molecular flexibility index (Phi) is 6.23. The number of aromatic nitrogens is 1. The van der Waals surface area contributed by atoms with E-state index in [4.69, 9.17) is 4.74 Å². The van der Waals surface area contributed by atoms with Gasteiger partial charge in [-0.05, 0) is 32.9 Å². The molecule has 0 saturated carbocycles. The smallest absolute Gasteiger partial charge is 0.315 e. The van der Waals surface area contributed by atoms with Crippen LogP contribution < -0.4 is 15.4 Å². The average Bonchev–Trinajstić information content (AvgIpc) is 2.35. The average molecular weight is 261 g/mol. The highest BCUT2D eigenvalue weighted by molar-refractivity contribution is 5.74. The molecule has 0 aliphatic rings. The van der Waals surface area contributed by atoms with Gasteiger partial charge in [0.15, 0.2) is 0 Å². The van der Waals surface area contributed by atoms with Gasteiger partial charge < -0.3 is 15.4 Å². The highest BCUT2D eigenvalue weighted by Gasteiger charge is 1.98. The molecule has 1 heterocycles. The minimum atomic E-state index is -0.215. The van der Waals surface area contributed by atoms with Crippen molar-refractivity contribution in [2.75, 3.05) is 13.2 Å². The highest BCUT2D eigenvalue weighted by atomic mass is 16.5. The summed E-state index contributed by atoms with van der Waals surface area (Å²) in [6, 6.07) is 3.62. The number of carbonyl (C=O) groups is 1. The summed E-state index contributed by atoms with van der Waals surface area (Å²) in [6.45, 7) is 6.28. The van der Waals surface area contributed by atoms with Crippen molar-refractivity contribution in [3.8, 4) is 17.6 Å². The summed E-state index contributed by atoms with van der Waals surface area (Å²) in [7, 11) is 0. The largest absolute Gasteiger partial charge is 0.479 e. The molecule has 0 fully saturated rings. The Morgan fingerprint density at radius 3 is 2.84 bits per heavy atom. The van der Waals surface area contributed by atoms with Crippen molar-refractivity contribution in [1.29, 1.82) is 0 Å². The minimum absolute atomic E-state index is 0.116. The molecule has 0 radical (unpaired) electrons. The van der Waals surface area contributed by atoms with Gasteiger partial charge in [-0.25, -0.2) is 4.79 Å². The van der Waals surface area contributed by atoms with Gasteiger partial charge in [-0.2, -0.15) is 0 Å². The molecule has 0 unspecified atom stereocenters. The number of pyridine rings is 1. The van der Waals surface area contributed by atoms with Crippen molar-refractivity contribution in [3.63, 3.8) is 0 Å². The van der Waals surface area contributed by atoms with Gasteiger partial charge in [-0.3, -0.25) is 4.98 Å². The Hall–Kier alpha value is -2.22. The first-order valence-corrected chi connectivity index (χ1v) is 6.13. The number of amides is 2. The van der Waals surface area contributed by atoms with E-state index in [1.807, 2.05) is 32.9 Å². The van der Waals surface area contributed by atoms with E-state index >= 15 is 0 Å². The Morgan fingerprint density at radius 1 is 1.42 bits per heavy atom. The van der Waals surface area contributed by atoms with Gasteiger partial charge in [-0.1, -0.05) is 11.8 Å². The van der Waals surface area contributed by atoms with Gasteiger partial charge >= 0.3 is 6.03 Å². The predicted molar refractivity (Wildman–Crippen MR) is 73.9 cm³/mol. The van der Waals surface area contributed by atoms with Crippen LogP contribution in [0.3, 0.4) is 0 Å². The molecule has 102 valence electrons. The number of hydrogen-bond donors (Lipinski definition) is 2. The molecule has 1 aromatic rings. The van der Waals surface area contributed by atoms with Gasteiger partial charge in [0.2, 0.25) is 0 Å². The van der Waals surface area contributed by atoms with Crippen molar-refractivity contribution >= 4 is 6.03 Å². The fraction of sp³-hybridized carbons (Fsp3) is 0.429. The van der Waals surface area contributed by atoms with Crippen molar-refractivity contribution < 1.29 is 9.53 Å². The molecule has 0 aliphatic heterocycles. The van der Waals surface area contributed by atoms with E-state index in [2.05, 4.69) is 27.5 Å². The normalized spacial score (nSPS) is 9.47. The standard InChI is InChI=1S/C14H19N3O2/c1-11(2)17-14(18)15-8-4-5-9-19-13-7-6-12(3)16-10-13/h6-7,10-11H,8-9H2,1-3H3,(H2,15,17,18). The van der Waals surface area contributed by atoms with Crippen molar-refractivity contribution in [1.82, 2.24) is 15.6 Å². The van der Waals surface area contributed by atoms with Gasteiger partial charge in [0.1, 0.15) is 12.4 Å². The molecule has 1 rings (SSSR count). The van der Waals surface area contributed by atoms with Crippen LogP contribution in [0.2, 0.25) is 0 Å². The number of aryl methyl sites for hydroxylation is 1. The number of rotatable bonds is 4. The molecule has 0 saturated heterocycles. The second-order valence-corrected chi connectivity index (χ2v) is 4.26. The fourth-order valence-corrected chi connectivity index (χ4v) is 1.21. The maximum atomic E-state index is 11.2. The fourth-order valence-electron chi connectivity index (χ4n) is 1.21. The number of carbonyl (C=O) groups excluding carboxylic acids is 1. The van der Waals surface area contributed by atoms with Crippen molar-refractivity contribution in [2.24, 2.45) is 0 Å². The Balaban J connectivity index is 2.18. The molecule has 0 aromatic carbocycles. The molecular formula is C14H19N3O2. The summed E-state index contributed by atoms with van der Waals surface area (Å²) in [5.74, 6) is 6.30. The van der Waals surface area contributed by atoms with Crippen LogP contribution in [0.15, 0.2) is 18.3 Å². The van der Waals surface area contributed by atoms with E-state index in [1.54, 1.807) is 6.20 Å². The van der Waals surface area contributed by atoms with Crippen LogP contribution in [0, 0.1) is 18.8 Å². The number of nitrogens with zero attached hydrogens (tertiary/aromatic N) is 1. The quantitative estimate of drug-likeness (QED) is 0.807. The first-order valence-electron chi connectivity index (χ1n) is 6.13. The zero-order valence-electron chi connectivity index (χ0n) is 11.5. The number of nitrogens with one attached hydrogen (secondary N) is 2. The summed E-state index contributed by atoms with van der Waals surface area (Å²) >= 11 is 0. The lowest BCUT2D eigenvalue weighted by Gasteiger charge is -2.07. The first kappa shape index (κ1) is 14.8. The lowest BCUT2D eigenvalue weighted by molar-refractivity contribution is 0.239. The molecule has 2 N–H and O–H groups in total. The molecule has 0 atom stereocenters. The topological polar surface area (TPSA) is 63.2 Å². The molecular weight excluding hydrogens is 242 g/mol. The summed E-state index contributed by atoms with van der Waals surface area (Å²) in [6.07, 6.45) is 1.66. The van der Waals surface area contributed by atoms with Gasteiger partial charge in [0.25, 0.3) is 0 Å². The zero-order valence-corrected chi connectivity index (χ0v) is 11.5. The van der Waals surface area contributed by atoms with E-state index in [1.165, 1.54) is 0 Å². The van der Waals surface area contributed by atoms with E-state index in [9.17, 15) is 4.79 Å². The molecule has 19 heavy (non-hydrogen) atoms. The summed E-state index contributed by atoms with van der Waals surface area (Å²) in [5.41, 5.74) is 0.943. The second-order valence-electron chi connectivity index (χ2n) is 4.26. The number of ether oxygens (including phenoxy) is 1. The van der Waals surface area contributed by atoms with E-state index in [-0.39, 0.29) is 18.7 Å². The van der Waals surface area contributed by atoms with E-state index in [0.717, 1.165) is 5.69 Å². The monoisotopic (exact) mass is 261 g/mol. The molecule has 0 aliphatic carbocycles. The van der Waals surface area contributed by atoms with Gasteiger partial charge in [-0.15, -0.1) is 0 Å². The lowest BCUT2D eigenvalue weighted by atomic mass is 10.4. The Bertz CT molecular complexity index is 458. The molecule has 5 nitrogen and oxygen atoms in total. The third-order valence-electron chi connectivity index (χ3n) is 2.08. The third kappa shape index (κ3) is 6.94. The zero-order chi connectivity index (χ0) is 14.1. The lowest BCUT2D eigenvalue weighted by Crippen LogP contribution is -2.39. The van der Waals surface area contributed by atoms with Crippen LogP contribution in [0.25, 0.3) is 0 Å². The van der Waals surface area contributed by atoms with Gasteiger partial charge in [0, 0.05) is 11.7 Å². The predicted octanol–water partition coefficient (Wildman–Crippen LogP) is 1.48. The molecule has 0 bridgehead atoms. The maximum Gasteiger partial charge on any atom is 0.315 e. The number of hydrogen-bond acceptors (Lipinski definition) is 3. The van der Waals surface area contributed by atoms with E-state index in [0.29, 0.717) is 12.3 Å². The Labute approximate surface area is 113 Å².